The molecule has 2 aromatic carbocycles. The molecule has 0 saturated heterocycles. The third-order valence-electron chi connectivity index (χ3n) is 6.04. The zero-order valence-electron chi connectivity index (χ0n) is 20.3. The molecule has 0 spiro atoms. The Morgan fingerprint density at radius 2 is 1.48 bits per heavy atom. The first-order valence-corrected chi connectivity index (χ1v) is 12.8. The molecule has 33 heavy (non-hydrogen) atoms. The number of benzene rings is 2. The number of hydrogen-bond acceptors (Lipinski definition) is 4. The van der Waals surface area contributed by atoms with Crippen LogP contribution in [0.2, 0.25) is 0 Å². The predicted octanol–water partition coefficient (Wildman–Crippen LogP) is 8.08. The molecule has 1 aromatic heterocycles. The predicted molar refractivity (Wildman–Crippen MR) is 136 cm³/mol. The molecule has 0 amide bonds. The van der Waals surface area contributed by atoms with Gasteiger partial charge >= 0.3 is 5.97 Å². The van der Waals surface area contributed by atoms with E-state index in [1.54, 1.807) is 0 Å². The Balaban J connectivity index is 1.54. The molecule has 4 heteroatoms. The highest BCUT2D eigenvalue weighted by atomic mass is 16.5. The molecule has 3 rings (SSSR count). The van der Waals surface area contributed by atoms with Crippen LogP contribution in [0.1, 0.15) is 90.0 Å². The maximum absolute atomic E-state index is 12.0. The van der Waals surface area contributed by atoms with Crippen LogP contribution in [-0.2, 0) is 11.2 Å². The minimum Gasteiger partial charge on any atom is -0.427 e. The minimum atomic E-state index is -0.166. The molecule has 0 saturated carbocycles. The topological polar surface area (TPSA) is 52.1 Å². The SMILES string of the molecule is CCCCCCCCc1ccc2nc(-c3ccc(OC(=O)CCCCCC)cc3)cnc2c1. The second-order valence-corrected chi connectivity index (χ2v) is 8.91. The summed E-state index contributed by atoms with van der Waals surface area (Å²) in [6.07, 6.45) is 15.5. The number of hydrogen-bond donors (Lipinski definition) is 0. The average molecular weight is 447 g/mol. The number of carbonyl (C=O) groups excluding carboxylic acids is 1. The van der Waals surface area contributed by atoms with E-state index in [0.717, 1.165) is 54.4 Å². The summed E-state index contributed by atoms with van der Waals surface area (Å²) in [4.78, 5) is 21.4. The van der Waals surface area contributed by atoms with Crippen molar-refractivity contribution in [1.29, 1.82) is 0 Å². The highest BCUT2D eigenvalue weighted by Crippen LogP contribution is 2.23. The van der Waals surface area contributed by atoms with Gasteiger partial charge in [-0.15, -0.1) is 0 Å². The molecule has 0 aliphatic heterocycles. The Hall–Kier alpha value is -2.75. The molecule has 1 heterocycles. The van der Waals surface area contributed by atoms with E-state index in [4.69, 9.17) is 9.72 Å². The Kier molecular flexibility index (Phi) is 10.3. The number of aromatic nitrogens is 2. The van der Waals surface area contributed by atoms with Crippen molar-refractivity contribution < 1.29 is 9.53 Å². The van der Waals surface area contributed by atoms with E-state index in [2.05, 4.69) is 37.0 Å². The number of carbonyl (C=O) groups is 1. The van der Waals surface area contributed by atoms with Gasteiger partial charge in [0.25, 0.3) is 0 Å². The van der Waals surface area contributed by atoms with E-state index in [9.17, 15) is 4.79 Å². The van der Waals surface area contributed by atoms with Crippen molar-refractivity contribution in [3.05, 3.63) is 54.2 Å². The van der Waals surface area contributed by atoms with Gasteiger partial charge in [0, 0.05) is 12.0 Å². The van der Waals surface area contributed by atoms with Crippen molar-refractivity contribution in [3.63, 3.8) is 0 Å². The van der Waals surface area contributed by atoms with Gasteiger partial charge in [0.15, 0.2) is 0 Å². The largest absolute Gasteiger partial charge is 0.427 e. The third-order valence-corrected chi connectivity index (χ3v) is 6.04. The van der Waals surface area contributed by atoms with Crippen LogP contribution in [-0.4, -0.2) is 15.9 Å². The van der Waals surface area contributed by atoms with Crippen LogP contribution >= 0.6 is 0 Å². The summed E-state index contributed by atoms with van der Waals surface area (Å²) in [6.45, 7) is 4.42. The van der Waals surface area contributed by atoms with Gasteiger partial charge in [-0.1, -0.05) is 71.3 Å². The summed E-state index contributed by atoms with van der Waals surface area (Å²) in [5, 5.41) is 0. The highest BCUT2D eigenvalue weighted by Gasteiger charge is 2.07. The second kappa shape index (κ2) is 13.7. The lowest BCUT2D eigenvalue weighted by Crippen LogP contribution is -2.07. The molecule has 0 atom stereocenters. The van der Waals surface area contributed by atoms with E-state index >= 15 is 0 Å². The number of nitrogens with zero attached hydrogens (tertiary/aromatic N) is 2. The lowest BCUT2D eigenvalue weighted by molar-refractivity contribution is -0.134. The Morgan fingerprint density at radius 1 is 0.788 bits per heavy atom. The molecule has 0 fully saturated rings. The molecule has 0 N–H and O–H groups in total. The van der Waals surface area contributed by atoms with Gasteiger partial charge in [0.2, 0.25) is 0 Å². The number of aryl methyl sites for hydroxylation is 1. The molecule has 0 unspecified atom stereocenters. The molecule has 0 aliphatic carbocycles. The van der Waals surface area contributed by atoms with Crippen LogP contribution in [0, 0.1) is 0 Å². The maximum Gasteiger partial charge on any atom is 0.311 e. The van der Waals surface area contributed by atoms with Crippen LogP contribution in [0.5, 0.6) is 5.75 Å². The quantitative estimate of drug-likeness (QED) is 0.143. The van der Waals surface area contributed by atoms with Gasteiger partial charge in [0.05, 0.1) is 22.9 Å². The fourth-order valence-electron chi connectivity index (χ4n) is 4.03. The van der Waals surface area contributed by atoms with Gasteiger partial charge in [-0.05, 0) is 61.2 Å². The zero-order valence-corrected chi connectivity index (χ0v) is 20.3. The standard InChI is InChI=1S/C29H38N2O2/c1-3-5-7-9-10-11-13-23-15-20-26-27(21-23)30-22-28(31-26)24-16-18-25(19-17-24)33-29(32)14-12-8-6-4-2/h15-22H,3-14H2,1-2H3. The van der Waals surface area contributed by atoms with Crippen molar-refractivity contribution in [2.45, 2.75) is 90.9 Å². The smallest absolute Gasteiger partial charge is 0.311 e. The Bertz CT molecular complexity index is 998. The summed E-state index contributed by atoms with van der Waals surface area (Å²) in [5.74, 6) is 0.411. The fourth-order valence-corrected chi connectivity index (χ4v) is 4.03. The van der Waals surface area contributed by atoms with Crippen LogP contribution in [0.3, 0.4) is 0 Å². The van der Waals surface area contributed by atoms with Crippen LogP contribution in [0.15, 0.2) is 48.7 Å². The number of unbranched alkanes of at least 4 members (excludes halogenated alkanes) is 8. The van der Waals surface area contributed by atoms with E-state index in [0.29, 0.717) is 12.2 Å². The van der Waals surface area contributed by atoms with Gasteiger partial charge < -0.3 is 4.74 Å². The lowest BCUT2D eigenvalue weighted by atomic mass is 10.0. The van der Waals surface area contributed by atoms with Crippen LogP contribution < -0.4 is 4.74 Å². The zero-order chi connectivity index (χ0) is 23.3. The van der Waals surface area contributed by atoms with Gasteiger partial charge in [0.1, 0.15) is 5.75 Å². The fraction of sp³-hybridized carbons (Fsp3) is 0.483. The molecule has 0 bridgehead atoms. The first kappa shape index (κ1) is 24.9. The minimum absolute atomic E-state index is 0.166. The summed E-state index contributed by atoms with van der Waals surface area (Å²) >= 11 is 0. The maximum atomic E-state index is 12.0. The van der Waals surface area contributed by atoms with Crippen molar-refractivity contribution in [2.75, 3.05) is 0 Å². The number of ether oxygens (including phenoxy) is 1. The summed E-state index contributed by atoms with van der Waals surface area (Å²) < 4.78 is 5.45. The van der Waals surface area contributed by atoms with Crippen LogP contribution in [0.4, 0.5) is 0 Å². The lowest BCUT2D eigenvalue weighted by Gasteiger charge is -2.07. The number of esters is 1. The van der Waals surface area contributed by atoms with E-state index < -0.39 is 0 Å². The number of rotatable bonds is 14. The highest BCUT2D eigenvalue weighted by molar-refractivity contribution is 5.78. The van der Waals surface area contributed by atoms with E-state index in [-0.39, 0.29) is 5.97 Å². The molecule has 3 aromatic rings. The second-order valence-electron chi connectivity index (χ2n) is 8.91. The van der Waals surface area contributed by atoms with Crippen molar-refractivity contribution in [3.8, 4) is 17.0 Å². The molecular weight excluding hydrogens is 408 g/mol. The monoisotopic (exact) mass is 446 g/mol. The third kappa shape index (κ3) is 8.27. The molecular formula is C29H38N2O2. The summed E-state index contributed by atoms with van der Waals surface area (Å²) in [6, 6.07) is 13.9. The van der Waals surface area contributed by atoms with E-state index in [1.807, 2.05) is 30.5 Å². The van der Waals surface area contributed by atoms with Crippen molar-refractivity contribution >= 4 is 17.0 Å². The van der Waals surface area contributed by atoms with Gasteiger partial charge in [-0.3, -0.25) is 9.78 Å². The molecule has 0 radical (unpaired) electrons. The average Bonchev–Trinajstić information content (AvgIpc) is 2.84. The Labute approximate surface area is 198 Å². The first-order chi connectivity index (χ1) is 16.2. The van der Waals surface area contributed by atoms with Crippen LogP contribution in [0.25, 0.3) is 22.3 Å². The number of fused-ring (bicyclic) bond motifs is 1. The molecule has 0 aliphatic rings. The first-order valence-electron chi connectivity index (χ1n) is 12.8. The molecule has 176 valence electrons. The van der Waals surface area contributed by atoms with E-state index in [1.165, 1.54) is 44.1 Å². The van der Waals surface area contributed by atoms with Crippen molar-refractivity contribution in [1.82, 2.24) is 9.97 Å². The summed E-state index contributed by atoms with van der Waals surface area (Å²) in [5.41, 5.74) is 4.96. The van der Waals surface area contributed by atoms with Crippen molar-refractivity contribution in [2.24, 2.45) is 0 Å². The van der Waals surface area contributed by atoms with Gasteiger partial charge in [-0.25, -0.2) is 4.98 Å². The van der Waals surface area contributed by atoms with Gasteiger partial charge in [-0.2, -0.15) is 0 Å². The molecule has 4 nitrogen and oxygen atoms in total. The Morgan fingerprint density at radius 3 is 2.24 bits per heavy atom. The summed E-state index contributed by atoms with van der Waals surface area (Å²) in [7, 11) is 0. The normalized spacial score (nSPS) is 11.1.